The number of primary amides is 2. The van der Waals surface area contributed by atoms with Crippen LogP contribution in [0.5, 0.6) is 17.2 Å². The van der Waals surface area contributed by atoms with Gasteiger partial charge in [-0.05, 0) is 152 Å². The summed E-state index contributed by atoms with van der Waals surface area (Å²) in [6, 6.07) is 20.2. The number of likely N-dealkylation sites (N-methyl/N-ethyl adjacent to an activating group) is 2. The lowest BCUT2D eigenvalue weighted by atomic mass is 9.86. The number of unbranched alkanes of at least 4 members (excludes halogenated alkanes) is 1. The molecule has 12 amide bonds. The number of amides is 12. The first-order chi connectivity index (χ1) is 66.4. The first kappa shape index (κ1) is 104. The average molecular weight is 1930 g/mol. The van der Waals surface area contributed by atoms with Gasteiger partial charge in [0, 0.05) is 125 Å². The summed E-state index contributed by atoms with van der Waals surface area (Å²) in [6.07, 6.45) is 3.34. The van der Waals surface area contributed by atoms with Crippen LogP contribution in [0.25, 0.3) is 33.1 Å². The number of esters is 1. The highest BCUT2D eigenvalue weighted by molar-refractivity contribution is 6.30. The Bertz CT molecular complexity index is 5900. The van der Waals surface area contributed by atoms with Crippen molar-refractivity contribution in [1.82, 2.24) is 82.0 Å². The summed E-state index contributed by atoms with van der Waals surface area (Å²) in [4.78, 5) is 211. The number of hydrogen-bond acceptors (Lipinski definition) is 25. The molecule has 8 heterocycles. The van der Waals surface area contributed by atoms with Gasteiger partial charge in [0.15, 0.2) is 17.1 Å². The predicted octanol–water partition coefficient (Wildman–Crippen LogP) is 2.77. The average Bonchev–Trinajstić information content (AvgIpc) is 1.59. The molecule has 139 heavy (non-hydrogen) atoms. The molecule has 0 aliphatic carbocycles. The summed E-state index contributed by atoms with van der Waals surface area (Å²) >= 11 is 6.23. The molecule has 5 aromatic carbocycles. The molecular weight excluding hydrogens is 1810 g/mol. The highest BCUT2D eigenvalue weighted by atomic mass is 35.5. The number of nitrogens with one attached hydrogen (secondary N) is 9. The number of aromatic hydroxyl groups is 1. The van der Waals surface area contributed by atoms with Crippen LogP contribution in [0.1, 0.15) is 144 Å². The predicted molar refractivity (Wildman–Crippen MR) is 515 cm³/mol. The Balaban J connectivity index is 0.000000372. The van der Waals surface area contributed by atoms with E-state index in [1.807, 2.05) is 68.4 Å². The zero-order chi connectivity index (χ0) is 100. The van der Waals surface area contributed by atoms with Crippen molar-refractivity contribution in [2.75, 3.05) is 73.2 Å². The van der Waals surface area contributed by atoms with Gasteiger partial charge in [-0.3, -0.25) is 72.2 Å². The molecule has 5 aliphatic rings. The molecule has 16 N–H and O–H groups in total. The number of halogens is 1. The van der Waals surface area contributed by atoms with E-state index in [1.165, 1.54) is 62.5 Å². The summed E-state index contributed by atoms with van der Waals surface area (Å²) in [5.41, 5.74) is 15.9. The Labute approximate surface area is 809 Å². The normalized spacial score (nSPS) is 17.4. The molecular formula is C100H125ClN18O20. The second-order valence-electron chi connectivity index (χ2n) is 36.8. The molecule has 0 radical (unpaired) electrons. The van der Waals surface area contributed by atoms with Crippen LogP contribution in [0.3, 0.4) is 0 Å². The number of benzene rings is 5. The second-order valence-corrected chi connectivity index (χ2v) is 37.2. The smallest absolute Gasteiger partial charge is 0.343 e. The fourth-order valence-electron chi connectivity index (χ4n) is 17.8. The number of pyridine rings is 3. The zero-order valence-electron chi connectivity index (χ0n) is 79.5. The zero-order valence-corrected chi connectivity index (χ0v) is 80.3. The Morgan fingerprint density at radius 3 is 1.86 bits per heavy atom. The number of carbonyl (C=O) groups excluding carboxylic acids is 13. The minimum absolute atomic E-state index is 0.0240. The number of aliphatic hydroxyl groups is 2. The maximum absolute atomic E-state index is 14.9. The molecule has 0 spiro atoms. The van der Waals surface area contributed by atoms with Gasteiger partial charge in [0.25, 0.3) is 5.56 Å². The van der Waals surface area contributed by atoms with E-state index in [2.05, 4.69) is 69.7 Å². The number of ether oxygens (including phenoxy) is 3. The van der Waals surface area contributed by atoms with Gasteiger partial charge in [-0.1, -0.05) is 119 Å². The first-order valence-corrected chi connectivity index (χ1v) is 47.4. The maximum Gasteiger partial charge on any atom is 0.343 e. The molecule has 0 saturated carbocycles. The highest BCUT2D eigenvalue weighted by Crippen LogP contribution is 2.44. The van der Waals surface area contributed by atoms with E-state index in [-0.39, 0.29) is 87.8 Å². The van der Waals surface area contributed by atoms with Gasteiger partial charge < -0.3 is 108 Å². The summed E-state index contributed by atoms with van der Waals surface area (Å²) in [5, 5.41) is 60.1. The third-order valence-electron chi connectivity index (χ3n) is 25.5. The van der Waals surface area contributed by atoms with Crippen LogP contribution < -0.4 is 74.4 Å². The van der Waals surface area contributed by atoms with Gasteiger partial charge in [-0.2, -0.15) is 0 Å². The minimum atomic E-state index is -1.85. The van der Waals surface area contributed by atoms with Crippen LogP contribution >= 0.6 is 11.6 Å². The van der Waals surface area contributed by atoms with E-state index in [9.17, 15) is 82.4 Å². The van der Waals surface area contributed by atoms with Crippen molar-refractivity contribution in [2.45, 2.75) is 217 Å². The molecule has 5 aliphatic heterocycles. The highest BCUT2D eigenvalue weighted by Gasteiger charge is 2.47. The van der Waals surface area contributed by atoms with Gasteiger partial charge in [-0.25, -0.2) is 9.78 Å². The van der Waals surface area contributed by atoms with Crippen molar-refractivity contribution in [3.8, 4) is 28.6 Å². The number of fused-ring (bicyclic) bond motifs is 7. The van der Waals surface area contributed by atoms with Gasteiger partial charge in [0.1, 0.15) is 86.0 Å². The summed E-state index contributed by atoms with van der Waals surface area (Å²) < 4.78 is 18.7. The lowest BCUT2D eigenvalue weighted by Gasteiger charge is -2.33. The largest absolute Gasteiger partial charge is 0.508 e. The number of aromatic nitrogens is 3. The number of piperazine rings is 1. The molecule has 13 rings (SSSR count). The number of nitrogens with zero attached hydrogens (tertiary/aromatic N) is 7. The molecule has 3 aromatic heterocycles. The van der Waals surface area contributed by atoms with Gasteiger partial charge >= 0.3 is 5.97 Å². The van der Waals surface area contributed by atoms with Crippen molar-refractivity contribution < 1.29 is 91.9 Å². The molecule has 38 nitrogen and oxygen atoms in total. The number of phenolic OH excluding ortho intramolecular Hbond substituents is 1. The standard InChI is InChI=1S/C72H95ClN14O14.C28H30N4O6/c1-41(2)32-54(64(93)80-53(17-10-11-30-77-42(3)4)72(101)87-31-13-18-60(87)69(98)78-43(5)63(75)92)81-68(97)58(38-62(74)91)84-70(99)61(37-46-22-27-52(90)28-23-46)86(7)71(100)59(40-88)85-67(96)57(36-48-14-12-29-76-39-48)83-66(95)56(34-45-20-25-51(73)26-21-45)82-65(94)55(79-44(6)89)35-47-19-24-49-15-8-9-16-50(49)33-47;1-3-28(35)20-11-22-25-18(14-32(22)26(33)19(20)15-38-27(28)34)17(13-31-6-4-30(2)5-7-31)16-10-23-24(12-21(16)29-25)37-9-8-36-23/h8-9,12,14-16,19-29,33,39,41-43,53-61,77,88,90H,10-11,13,17-18,30-32,34-38,40H2,1-7H3,(H2,74,91)(H2,75,92)(H,78,98)(H,79,89)(H,80,93)(H,81,97)(H,82,94)(H,83,95)(H,84,99)(H,85,96);10-12,35H,3-9,13-15H2,1-2H3/t43-,53+,54+,55-,56-,57-,58-,59+,60+,61+;28-/m10/s1. The Morgan fingerprint density at radius 2 is 1.23 bits per heavy atom. The number of aliphatic hydroxyl groups excluding tert-OH is 1. The van der Waals surface area contributed by atoms with Gasteiger partial charge in [0.05, 0.1) is 42.0 Å². The van der Waals surface area contributed by atoms with Crippen LogP contribution in [0.15, 0.2) is 139 Å². The summed E-state index contributed by atoms with van der Waals surface area (Å²) in [6.45, 7) is 17.3. The van der Waals surface area contributed by atoms with Crippen LogP contribution in [0.4, 0.5) is 0 Å². The van der Waals surface area contributed by atoms with Crippen molar-refractivity contribution >= 4 is 110 Å². The van der Waals surface area contributed by atoms with E-state index in [0.717, 1.165) is 70.4 Å². The SMILES string of the molecule is CC(=O)N[C@H](Cc1ccc2ccccc2c1)C(=O)N[C@H](Cc1ccc(Cl)cc1)C(=O)N[C@H](Cc1cccnc1)C(=O)N[C@@H](CO)C(=O)N(C)[C@@H](Cc1ccc(O)cc1)C(=O)N[C@H](CC(N)=O)C(=O)N[C@@H](CC(C)C)C(=O)N[C@@H](CCCCNC(C)C)C(=O)N1CCC[C@H]1C(=O)N[C@H](C)C(N)=O.CC[C@@]1(O)C(=O)OCc2c1cc1n(c2=O)Cc2c-1nc1cc3c(cc1c2CN1CCN(C)CC1)OCCO3. The molecule has 8 aromatic rings. The van der Waals surface area contributed by atoms with E-state index < -0.39 is 156 Å². The number of phenols is 1. The lowest BCUT2D eigenvalue weighted by Crippen LogP contribution is -2.62. The van der Waals surface area contributed by atoms with Crippen LogP contribution in [0.2, 0.25) is 5.02 Å². The Hall–Kier alpha value is -13.5. The van der Waals surface area contributed by atoms with Crippen LogP contribution in [-0.2, 0) is 118 Å². The molecule has 742 valence electrons. The number of cyclic esters (lactones) is 1. The third-order valence-corrected chi connectivity index (χ3v) is 25.8. The van der Waals surface area contributed by atoms with E-state index in [0.29, 0.717) is 107 Å². The lowest BCUT2D eigenvalue weighted by molar-refractivity contribution is -0.172. The Kier molecular flexibility index (Phi) is 35.8. The van der Waals surface area contributed by atoms with Crippen molar-refractivity contribution in [2.24, 2.45) is 17.4 Å². The monoisotopic (exact) mass is 1930 g/mol. The van der Waals surface area contributed by atoms with Crippen LogP contribution in [0, 0.1) is 5.92 Å². The molecule has 11 atom stereocenters. The molecule has 0 bridgehead atoms. The minimum Gasteiger partial charge on any atom is -0.508 e. The maximum atomic E-state index is 14.9. The quantitative estimate of drug-likeness (QED) is 0.0193. The van der Waals surface area contributed by atoms with Gasteiger partial charge in [0.2, 0.25) is 70.9 Å². The number of carbonyl (C=O) groups is 13. The van der Waals surface area contributed by atoms with E-state index >= 15 is 0 Å². The number of hydrogen-bond donors (Lipinski definition) is 14. The third kappa shape index (κ3) is 26.9. The summed E-state index contributed by atoms with van der Waals surface area (Å²) in [7, 11) is 3.31. The Morgan fingerprint density at radius 1 is 0.633 bits per heavy atom. The number of rotatable bonds is 41. The molecule has 2 fully saturated rings. The van der Waals surface area contributed by atoms with Gasteiger partial charge in [-0.15, -0.1) is 0 Å². The van der Waals surface area contributed by atoms with Crippen molar-refractivity contribution in [3.63, 3.8) is 0 Å². The second kappa shape index (κ2) is 47.7. The number of nitrogens with two attached hydrogens (primary N) is 2. The molecule has 2 saturated heterocycles. The fraction of sp³-hybridized carbons (Fsp3) is 0.460. The topological polar surface area (TPSA) is 531 Å². The first-order valence-electron chi connectivity index (χ1n) is 47.0. The summed E-state index contributed by atoms with van der Waals surface area (Å²) in [5.74, 6) is -9.97. The van der Waals surface area contributed by atoms with E-state index in [1.54, 1.807) is 67.8 Å². The van der Waals surface area contributed by atoms with Crippen molar-refractivity contribution in [3.05, 3.63) is 194 Å². The molecule has 39 heteroatoms. The van der Waals surface area contributed by atoms with Crippen LogP contribution in [-0.4, -0.2) is 266 Å². The van der Waals surface area contributed by atoms with Crippen molar-refractivity contribution in [1.29, 1.82) is 0 Å². The molecule has 0 unspecified atom stereocenters. The fourth-order valence-corrected chi connectivity index (χ4v) is 17.9. The number of likely N-dealkylation sites (tertiary alicyclic amines) is 1. The van der Waals surface area contributed by atoms with E-state index in [4.69, 9.17) is 42.3 Å².